The molecule has 18 heavy (non-hydrogen) atoms. The average Bonchev–Trinajstić information content (AvgIpc) is 2.35. The van der Waals surface area contributed by atoms with Crippen LogP contribution in [0.2, 0.25) is 0 Å². The van der Waals surface area contributed by atoms with Crippen LogP contribution in [0.5, 0.6) is 0 Å². The minimum Gasteiger partial charge on any atom is -0.395 e. The number of nitrogens with zero attached hydrogens (tertiary/aromatic N) is 1. The highest BCUT2D eigenvalue weighted by Gasteiger charge is 2.16. The highest BCUT2D eigenvalue weighted by molar-refractivity contribution is 5.34. The average molecular weight is 252 g/mol. The molecule has 1 aromatic carbocycles. The van der Waals surface area contributed by atoms with Crippen molar-refractivity contribution in [2.45, 2.75) is 32.9 Å². The van der Waals surface area contributed by atoms with Crippen molar-refractivity contribution in [3.05, 3.63) is 39.9 Å². The number of aliphatic hydroxyl groups is 1. The van der Waals surface area contributed by atoms with E-state index in [1.54, 1.807) is 12.1 Å². The lowest BCUT2D eigenvalue weighted by Gasteiger charge is -2.24. The molecule has 0 spiro atoms. The van der Waals surface area contributed by atoms with Gasteiger partial charge < -0.3 is 10.4 Å². The van der Waals surface area contributed by atoms with Crippen LogP contribution in [-0.2, 0) is 0 Å². The summed E-state index contributed by atoms with van der Waals surface area (Å²) in [4.78, 5) is 10.1. The largest absolute Gasteiger partial charge is 0.395 e. The van der Waals surface area contributed by atoms with Gasteiger partial charge in [-0.2, -0.15) is 0 Å². The van der Waals surface area contributed by atoms with Crippen molar-refractivity contribution in [1.29, 1.82) is 0 Å². The summed E-state index contributed by atoms with van der Waals surface area (Å²) in [5.41, 5.74) is 1.06. The summed E-state index contributed by atoms with van der Waals surface area (Å²) < 4.78 is 0. The SMILES string of the molecule is CC(NC(CO)C(C)C)c1ccc([N+](=O)[O-])cc1. The summed E-state index contributed by atoms with van der Waals surface area (Å²) in [6.45, 7) is 6.13. The Morgan fingerprint density at radius 3 is 2.22 bits per heavy atom. The molecule has 0 aliphatic heterocycles. The van der Waals surface area contributed by atoms with E-state index >= 15 is 0 Å². The third-order valence-electron chi connectivity index (χ3n) is 3.07. The molecule has 0 saturated carbocycles. The molecule has 2 unspecified atom stereocenters. The molecule has 0 heterocycles. The zero-order chi connectivity index (χ0) is 13.7. The normalized spacial score (nSPS) is 14.5. The van der Waals surface area contributed by atoms with Gasteiger partial charge in [0.1, 0.15) is 0 Å². The molecule has 2 atom stereocenters. The fourth-order valence-corrected chi connectivity index (χ4v) is 1.76. The van der Waals surface area contributed by atoms with E-state index in [-0.39, 0.29) is 24.4 Å². The zero-order valence-electron chi connectivity index (χ0n) is 11.0. The van der Waals surface area contributed by atoms with Gasteiger partial charge in [-0.25, -0.2) is 0 Å². The second kappa shape index (κ2) is 6.47. The predicted molar refractivity (Wildman–Crippen MR) is 70.4 cm³/mol. The fourth-order valence-electron chi connectivity index (χ4n) is 1.76. The Bertz CT molecular complexity index is 390. The molecule has 0 saturated heterocycles. The van der Waals surface area contributed by atoms with E-state index in [2.05, 4.69) is 5.32 Å². The zero-order valence-corrected chi connectivity index (χ0v) is 11.0. The molecule has 0 fully saturated rings. The molecule has 2 N–H and O–H groups in total. The molecule has 5 heteroatoms. The van der Waals surface area contributed by atoms with Gasteiger partial charge in [-0.1, -0.05) is 26.0 Å². The van der Waals surface area contributed by atoms with E-state index in [9.17, 15) is 15.2 Å². The number of hydrogen-bond donors (Lipinski definition) is 2. The summed E-state index contributed by atoms with van der Waals surface area (Å²) >= 11 is 0. The number of non-ortho nitro benzene ring substituents is 1. The molecule has 1 aromatic rings. The lowest BCUT2D eigenvalue weighted by molar-refractivity contribution is -0.384. The lowest BCUT2D eigenvalue weighted by Crippen LogP contribution is -2.38. The molecule has 0 aromatic heterocycles. The van der Waals surface area contributed by atoms with Crippen LogP contribution < -0.4 is 5.32 Å². The molecule has 5 nitrogen and oxygen atoms in total. The monoisotopic (exact) mass is 252 g/mol. The van der Waals surface area contributed by atoms with Gasteiger partial charge in [-0.3, -0.25) is 10.1 Å². The van der Waals surface area contributed by atoms with Crippen LogP contribution in [0.25, 0.3) is 0 Å². The van der Waals surface area contributed by atoms with Crippen molar-refractivity contribution in [3.63, 3.8) is 0 Å². The Balaban J connectivity index is 2.72. The first-order chi connectivity index (χ1) is 8.45. The molecular weight excluding hydrogens is 232 g/mol. The number of nitro benzene ring substituents is 1. The van der Waals surface area contributed by atoms with Gasteiger partial charge in [-0.15, -0.1) is 0 Å². The first-order valence-corrected chi connectivity index (χ1v) is 6.07. The van der Waals surface area contributed by atoms with Crippen LogP contribution in [0.1, 0.15) is 32.4 Å². The minimum atomic E-state index is -0.410. The second-order valence-electron chi connectivity index (χ2n) is 4.77. The number of aliphatic hydroxyl groups excluding tert-OH is 1. The molecule has 0 bridgehead atoms. The molecule has 0 radical (unpaired) electrons. The third-order valence-corrected chi connectivity index (χ3v) is 3.07. The molecule has 1 rings (SSSR count). The van der Waals surface area contributed by atoms with Crippen molar-refractivity contribution in [1.82, 2.24) is 5.32 Å². The van der Waals surface area contributed by atoms with Crippen LogP contribution in [0, 0.1) is 16.0 Å². The Hall–Kier alpha value is -1.46. The number of benzene rings is 1. The summed E-state index contributed by atoms with van der Waals surface area (Å²) in [6.07, 6.45) is 0. The standard InChI is InChI=1S/C13H20N2O3/c1-9(2)13(8-16)14-10(3)11-4-6-12(7-5-11)15(17)18/h4-7,9-10,13-14,16H,8H2,1-3H3. The quantitative estimate of drug-likeness (QED) is 0.601. The summed E-state index contributed by atoms with van der Waals surface area (Å²) in [6, 6.07) is 6.54. The summed E-state index contributed by atoms with van der Waals surface area (Å²) in [5, 5.41) is 23.1. The predicted octanol–water partition coefficient (Wildman–Crippen LogP) is 2.26. The Morgan fingerprint density at radius 1 is 1.28 bits per heavy atom. The molecule has 0 amide bonds. The van der Waals surface area contributed by atoms with Crippen molar-refractivity contribution < 1.29 is 10.0 Å². The van der Waals surface area contributed by atoms with Crippen molar-refractivity contribution in [2.75, 3.05) is 6.61 Å². The molecule has 100 valence electrons. The number of hydrogen-bond acceptors (Lipinski definition) is 4. The highest BCUT2D eigenvalue weighted by atomic mass is 16.6. The maximum absolute atomic E-state index is 10.6. The van der Waals surface area contributed by atoms with Gasteiger partial charge in [0.05, 0.1) is 11.5 Å². The number of nitrogens with one attached hydrogen (secondary N) is 1. The third kappa shape index (κ3) is 3.78. The summed E-state index contributed by atoms with van der Waals surface area (Å²) in [7, 11) is 0. The number of rotatable bonds is 6. The highest BCUT2D eigenvalue weighted by Crippen LogP contribution is 2.18. The van der Waals surface area contributed by atoms with E-state index in [1.165, 1.54) is 12.1 Å². The smallest absolute Gasteiger partial charge is 0.269 e. The topological polar surface area (TPSA) is 75.4 Å². The van der Waals surface area contributed by atoms with E-state index in [4.69, 9.17) is 0 Å². The van der Waals surface area contributed by atoms with E-state index in [1.807, 2.05) is 20.8 Å². The van der Waals surface area contributed by atoms with E-state index in [0.29, 0.717) is 5.92 Å². The van der Waals surface area contributed by atoms with Crippen molar-refractivity contribution >= 4 is 5.69 Å². The van der Waals surface area contributed by atoms with Crippen LogP contribution >= 0.6 is 0 Å². The molecule has 0 aliphatic rings. The Morgan fingerprint density at radius 2 is 1.83 bits per heavy atom. The first-order valence-electron chi connectivity index (χ1n) is 6.07. The van der Waals surface area contributed by atoms with Crippen LogP contribution in [0.3, 0.4) is 0 Å². The van der Waals surface area contributed by atoms with Gasteiger partial charge in [0.25, 0.3) is 5.69 Å². The van der Waals surface area contributed by atoms with E-state index in [0.717, 1.165) is 5.56 Å². The van der Waals surface area contributed by atoms with Gasteiger partial charge in [0.15, 0.2) is 0 Å². The summed E-state index contributed by atoms with van der Waals surface area (Å²) in [5.74, 6) is 0.329. The second-order valence-corrected chi connectivity index (χ2v) is 4.77. The Kier molecular flexibility index (Phi) is 5.25. The van der Waals surface area contributed by atoms with Gasteiger partial charge in [-0.05, 0) is 18.4 Å². The van der Waals surface area contributed by atoms with Crippen molar-refractivity contribution in [3.8, 4) is 0 Å². The Labute approximate surface area is 107 Å². The first kappa shape index (κ1) is 14.6. The maximum Gasteiger partial charge on any atom is 0.269 e. The van der Waals surface area contributed by atoms with Gasteiger partial charge in [0.2, 0.25) is 0 Å². The van der Waals surface area contributed by atoms with Gasteiger partial charge >= 0.3 is 0 Å². The maximum atomic E-state index is 10.6. The van der Waals surface area contributed by atoms with Crippen LogP contribution in [0.4, 0.5) is 5.69 Å². The van der Waals surface area contributed by atoms with Crippen LogP contribution in [-0.4, -0.2) is 22.7 Å². The van der Waals surface area contributed by atoms with Crippen LogP contribution in [0.15, 0.2) is 24.3 Å². The molecular formula is C13H20N2O3. The minimum absolute atomic E-state index is 0.0233. The van der Waals surface area contributed by atoms with Gasteiger partial charge in [0, 0.05) is 24.2 Å². The molecule has 0 aliphatic carbocycles. The van der Waals surface area contributed by atoms with E-state index < -0.39 is 4.92 Å². The fraction of sp³-hybridized carbons (Fsp3) is 0.538. The number of nitro groups is 1. The lowest BCUT2D eigenvalue weighted by atomic mass is 10.0. The van der Waals surface area contributed by atoms with Crippen molar-refractivity contribution in [2.24, 2.45) is 5.92 Å².